The van der Waals surface area contributed by atoms with Gasteiger partial charge in [0.05, 0.1) is 6.61 Å². The first kappa shape index (κ1) is 14.1. The summed E-state index contributed by atoms with van der Waals surface area (Å²) in [6.07, 6.45) is 0. The molecule has 0 saturated carbocycles. The molecule has 0 amide bonds. The lowest BCUT2D eigenvalue weighted by Crippen LogP contribution is -2.17. The molecule has 0 radical (unpaired) electrons. The second kappa shape index (κ2) is 6.71. The Morgan fingerprint density at radius 1 is 0.842 bits per heavy atom. The van der Waals surface area contributed by atoms with Crippen LogP contribution in [0.4, 0.5) is 0 Å². The monoisotopic (exact) mass is 275 g/mol. The van der Waals surface area contributed by atoms with Crippen LogP contribution in [-0.2, 0) is 19.7 Å². The standard InChI is InChI=1S/C16H18ClNO/c1-18(11-14-6-8-16(17)9-7-14)10-13-2-4-15(12-19)5-3-13/h2-9,19H,10-12H2,1H3. The van der Waals surface area contributed by atoms with Crippen molar-refractivity contribution in [2.45, 2.75) is 19.7 Å². The minimum atomic E-state index is 0.0981. The lowest BCUT2D eigenvalue weighted by atomic mass is 10.1. The first-order valence-electron chi connectivity index (χ1n) is 6.29. The van der Waals surface area contributed by atoms with Crippen molar-refractivity contribution in [3.05, 3.63) is 70.2 Å². The molecule has 0 spiro atoms. The predicted octanol–water partition coefficient (Wildman–Crippen LogP) is 3.46. The summed E-state index contributed by atoms with van der Waals surface area (Å²) in [5, 5.41) is 9.78. The molecule has 2 aromatic rings. The van der Waals surface area contributed by atoms with E-state index in [1.807, 2.05) is 36.4 Å². The average Bonchev–Trinajstić information content (AvgIpc) is 2.42. The highest BCUT2D eigenvalue weighted by atomic mass is 35.5. The summed E-state index contributed by atoms with van der Waals surface area (Å²) in [6.45, 7) is 1.87. The Balaban J connectivity index is 1.92. The molecule has 0 aliphatic rings. The first-order valence-corrected chi connectivity index (χ1v) is 6.67. The van der Waals surface area contributed by atoms with Gasteiger partial charge in [-0.15, -0.1) is 0 Å². The third-order valence-electron chi connectivity index (χ3n) is 3.02. The largest absolute Gasteiger partial charge is 0.392 e. The van der Waals surface area contributed by atoms with Crippen molar-refractivity contribution in [3.63, 3.8) is 0 Å². The molecule has 3 heteroatoms. The van der Waals surface area contributed by atoms with Gasteiger partial charge in [-0.05, 0) is 35.9 Å². The summed E-state index contributed by atoms with van der Waals surface area (Å²) in [5.41, 5.74) is 3.44. The van der Waals surface area contributed by atoms with Crippen LogP contribution >= 0.6 is 11.6 Å². The Morgan fingerprint density at radius 2 is 1.26 bits per heavy atom. The number of rotatable bonds is 5. The molecule has 0 heterocycles. The van der Waals surface area contributed by atoms with Gasteiger partial charge in [-0.25, -0.2) is 0 Å². The summed E-state index contributed by atoms with van der Waals surface area (Å²) >= 11 is 5.87. The van der Waals surface area contributed by atoms with Crippen LogP contribution in [0.15, 0.2) is 48.5 Å². The van der Waals surface area contributed by atoms with Crippen molar-refractivity contribution in [1.29, 1.82) is 0 Å². The van der Waals surface area contributed by atoms with Gasteiger partial charge in [-0.3, -0.25) is 4.90 Å². The molecule has 0 bridgehead atoms. The Bertz CT molecular complexity index is 507. The summed E-state index contributed by atoms with van der Waals surface area (Å²) in [6, 6.07) is 16.0. The third-order valence-corrected chi connectivity index (χ3v) is 3.28. The maximum absolute atomic E-state index is 9.01. The number of aliphatic hydroxyl groups excluding tert-OH is 1. The van der Waals surface area contributed by atoms with E-state index in [1.165, 1.54) is 11.1 Å². The van der Waals surface area contributed by atoms with E-state index in [0.717, 1.165) is 23.7 Å². The van der Waals surface area contributed by atoms with Crippen LogP contribution in [0.2, 0.25) is 5.02 Å². The van der Waals surface area contributed by atoms with Crippen LogP contribution < -0.4 is 0 Å². The van der Waals surface area contributed by atoms with Gasteiger partial charge >= 0.3 is 0 Å². The van der Waals surface area contributed by atoms with Crippen LogP contribution in [0.1, 0.15) is 16.7 Å². The van der Waals surface area contributed by atoms with E-state index < -0.39 is 0 Å². The van der Waals surface area contributed by atoms with Gasteiger partial charge in [0.15, 0.2) is 0 Å². The van der Waals surface area contributed by atoms with E-state index in [9.17, 15) is 0 Å². The zero-order valence-electron chi connectivity index (χ0n) is 11.0. The lowest BCUT2D eigenvalue weighted by molar-refractivity contribution is 0.281. The lowest BCUT2D eigenvalue weighted by Gasteiger charge is -2.17. The molecule has 0 aromatic heterocycles. The van der Waals surface area contributed by atoms with Crippen molar-refractivity contribution in [3.8, 4) is 0 Å². The number of halogens is 1. The topological polar surface area (TPSA) is 23.5 Å². The van der Waals surface area contributed by atoms with E-state index in [1.54, 1.807) is 0 Å². The third kappa shape index (κ3) is 4.35. The zero-order chi connectivity index (χ0) is 13.7. The van der Waals surface area contributed by atoms with Gasteiger partial charge in [-0.1, -0.05) is 48.0 Å². The molecule has 0 aliphatic carbocycles. The van der Waals surface area contributed by atoms with Gasteiger partial charge in [0.25, 0.3) is 0 Å². The molecule has 19 heavy (non-hydrogen) atoms. The van der Waals surface area contributed by atoms with Crippen LogP contribution in [0.5, 0.6) is 0 Å². The Labute approximate surface area is 119 Å². The van der Waals surface area contributed by atoms with Crippen molar-refractivity contribution < 1.29 is 5.11 Å². The van der Waals surface area contributed by atoms with Crippen LogP contribution in [0.3, 0.4) is 0 Å². The van der Waals surface area contributed by atoms with Crippen molar-refractivity contribution in [2.75, 3.05) is 7.05 Å². The SMILES string of the molecule is CN(Cc1ccc(Cl)cc1)Cc1ccc(CO)cc1. The maximum atomic E-state index is 9.01. The molecule has 2 rings (SSSR count). The second-order valence-corrected chi connectivity index (χ2v) is 5.21. The van der Waals surface area contributed by atoms with Crippen LogP contribution in [-0.4, -0.2) is 17.1 Å². The number of benzene rings is 2. The Hall–Kier alpha value is -1.35. The van der Waals surface area contributed by atoms with Crippen molar-refractivity contribution in [2.24, 2.45) is 0 Å². The molecule has 2 aromatic carbocycles. The number of nitrogens with zero attached hydrogens (tertiary/aromatic N) is 1. The van der Waals surface area contributed by atoms with E-state index in [-0.39, 0.29) is 6.61 Å². The van der Waals surface area contributed by atoms with Gasteiger partial charge in [0.2, 0.25) is 0 Å². The smallest absolute Gasteiger partial charge is 0.0681 e. The number of aliphatic hydroxyl groups is 1. The Kier molecular flexibility index (Phi) is 4.97. The van der Waals surface area contributed by atoms with E-state index in [2.05, 4.69) is 24.1 Å². The number of hydrogen-bond donors (Lipinski definition) is 1. The molecule has 0 aliphatic heterocycles. The van der Waals surface area contributed by atoms with Crippen LogP contribution in [0, 0.1) is 0 Å². The molecular weight excluding hydrogens is 258 g/mol. The van der Waals surface area contributed by atoms with Crippen LogP contribution in [0.25, 0.3) is 0 Å². The minimum absolute atomic E-state index is 0.0981. The van der Waals surface area contributed by atoms with Crippen molar-refractivity contribution >= 4 is 11.6 Å². The van der Waals surface area contributed by atoms with Gasteiger partial charge in [0.1, 0.15) is 0 Å². The molecule has 2 nitrogen and oxygen atoms in total. The van der Waals surface area contributed by atoms with Gasteiger partial charge < -0.3 is 5.11 Å². The van der Waals surface area contributed by atoms with E-state index in [0.29, 0.717) is 0 Å². The highest BCUT2D eigenvalue weighted by Gasteiger charge is 2.02. The van der Waals surface area contributed by atoms with Gasteiger partial charge in [0, 0.05) is 18.1 Å². The molecule has 0 fully saturated rings. The molecule has 0 saturated heterocycles. The first-order chi connectivity index (χ1) is 9.17. The van der Waals surface area contributed by atoms with E-state index in [4.69, 9.17) is 16.7 Å². The fourth-order valence-electron chi connectivity index (χ4n) is 2.02. The average molecular weight is 276 g/mol. The quantitative estimate of drug-likeness (QED) is 0.903. The number of hydrogen-bond acceptors (Lipinski definition) is 2. The Morgan fingerprint density at radius 3 is 1.74 bits per heavy atom. The molecule has 0 unspecified atom stereocenters. The summed E-state index contributed by atoms with van der Waals surface area (Å²) in [7, 11) is 2.09. The fourth-order valence-corrected chi connectivity index (χ4v) is 2.15. The summed E-state index contributed by atoms with van der Waals surface area (Å²) in [5.74, 6) is 0. The fraction of sp³-hybridized carbons (Fsp3) is 0.250. The summed E-state index contributed by atoms with van der Waals surface area (Å²) < 4.78 is 0. The van der Waals surface area contributed by atoms with Crippen molar-refractivity contribution in [1.82, 2.24) is 4.90 Å². The summed E-state index contributed by atoms with van der Waals surface area (Å²) in [4.78, 5) is 2.25. The highest BCUT2D eigenvalue weighted by molar-refractivity contribution is 6.30. The minimum Gasteiger partial charge on any atom is -0.392 e. The normalized spacial score (nSPS) is 10.9. The molecule has 100 valence electrons. The maximum Gasteiger partial charge on any atom is 0.0681 e. The predicted molar refractivity (Wildman–Crippen MR) is 79.0 cm³/mol. The molecule has 1 N–H and O–H groups in total. The second-order valence-electron chi connectivity index (χ2n) is 4.77. The molecular formula is C16H18ClNO. The highest BCUT2D eigenvalue weighted by Crippen LogP contribution is 2.13. The van der Waals surface area contributed by atoms with E-state index >= 15 is 0 Å². The molecule has 0 atom stereocenters. The van der Waals surface area contributed by atoms with Gasteiger partial charge in [-0.2, -0.15) is 0 Å². The zero-order valence-corrected chi connectivity index (χ0v) is 11.8.